The molecule has 0 aromatic heterocycles. The quantitative estimate of drug-likeness (QED) is 0.355. The molecule has 3 rings (SSSR count). The molecule has 0 amide bonds. The third-order valence-electron chi connectivity index (χ3n) is 6.20. The highest BCUT2D eigenvalue weighted by atomic mass is 28.4. The summed E-state index contributed by atoms with van der Waals surface area (Å²) in [4.78, 5) is 11.3. The Morgan fingerprint density at radius 1 is 0.933 bits per heavy atom. The second-order valence-corrected chi connectivity index (χ2v) is 13.5. The predicted octanol–water partition coefficient (Wildman–Crippen LogP) is 4.56. The van der Waals surface area contributed by atoms with Gasteiger partial charge < -0.3 is 9.16 Å². The molecule has 0 spiro atoms. The molecule has 2 aromatic rings. The van der Waals surface area contributed by atoms with Crippen molar-refractivity contribution in [1.82, 2.24) is 0 Å². The Labute approximate surface area is 182 Å². The number of allylic oxidation sites excluding steroid dienone is 2. The minimum atomic E-state index is -2.53. The smallest absolute Gasteiger partial charge is 0.302 e. The first-order chi connectivity index (χ1) is 14.3. The third-order valence-corrected chi connectivity index (χ3v) is 11.2. The molecular formula is C26H34O3Si. The minimum absolute atomic E-state index is 0.0356. The average Bonchev–Trinajstić information content (AvgIpc) is 3.38. The van der Waals surface area contributed by atoms with Crippen LogP contribution in [-0.2, 0) is 14.0 Å². The molecule has 1 saturated carbocycles. The highest BCUT2D eigenvalue weighted by Gasteiger charge is 2.54. The first kappa shape index (κ1) is 22.5. The molecule has 30 heavy (non-hydrogen) atoms. The fourth-order valence-electron chi connectivity index (χ4n) is 4.65. The number of hydrogen-bond acceptors (Lipinski definition) is 3. The molecule has 3 nitrogen and oxygen atoms in total. The summed E-state index contributed by atoms with van der Waals surface area (Å²) in [5.74, 6) is 0.908. The lowest BCUT2D eigenvalue weighted by molar-refractivity contribution is -0.141. The Kier molecular flexibility index (Phi) is 6.99. The average molecular weight is 423 g/mol. The van der Waals surface area contributed by atoms with Crippen LogP contribution in [0.4, 0.5) is 0 Å². The van der Waals surface area contributed by atoms with Crippen molar-refractivity contribution in [3.8, 4) is 0 Å². The Morgan fingerprint density at radius 2 is 1.43 bits per heavy atom. The van der Waals surface area contributed by atoms with Crippen molar-refractivity contribution in [1.29, 1.82) is 0 Å². The molecule has 0 heterocycles. The van der Waals surface area contributed by atoms with Gasteiger partial charge in [0.05, 0.1) is 6.61 Å². The lowest BCUT2D eigenvalue weighted by Gasteiger charge is -2.43. The van der Waals surface area contributed by atoms with E-state index in [9.17, 15) is 4.79 Å². The van der Waals surface area contributed by atoms with Crippen molar-refractivity contribution in [2.45, 2.75) is 39.7 Å². The van der Waals surface area contributed by atoms with Gasteiger partial charge in [0.15, 0.2) is 0 Å². The van der Waals surface area contributed by atoms with E-state index < -0.39 is 8.32 Å². The fourth-order valence-corrected chi connectivity index (χ4v) is 9.25. The largest absolute Gasteiger partial charge is 0.466 e. The van der Waals surface area contributed by atoms with E-state index >= 15 is 0 Å². The van der Waals surface area contributed by atoms with Crippen molar-refractivity contribution in [3.05, 3.63) is 72.8 Å². The molecule has 1 aliphatic carbocycles. The topological polar surface area (TPSA) is 35.5 Å². The predicted molar refractivity (Wildman–Crippen MR) is 125 cm³/mol. The molecular weight excluding hydrogens is 388 g/mol. The van der Waals surface area contributed by atoms with Crippen molar-refractivity contribution in [2.75, 3.05) is 13.2 Å². The molecule has 4 heteroatoms. The van der Waals surface area contributed by atoms with Crippen LogP contribution in [0.2, 0.25) is 5.04 Å². The van der Waals surface area contributed by atoms with Crippen LogP contribution in [0.5, 0.6) is 0 Å². The van der Waals surface area contributed by atoms with Gasteiger partial charge in [0.2, 0.25) is 0 Å². The lowest BCUT2D eigenvalue weighted by atomic mass is 10.2. The van der Waals surface area contributed by atoms with E-state index in [-0.39, 0.29) is 11.0 Å². The molecule has 0 unspecified atom stereocenters. The van der Waals surface area contributed by atoms with E-state index in [1.165, 1.54) is 17.3 Å². The van der Waals surface area contributed by atoms with Crippen LogP contribution < -0.4 is 10.4 Å². The summed E-state index contributed by atoms with van der Waals surface area (Å²) in [6.45, 7) is 11.6. The van der Waals surface area contributed by atoms with E-state index in [1.807, 2.05) is 6.92 Å². The van der Waals surface area contributed by atoms with Gasteiger partial charge in [-0.15, -0.1) is 0 Å². The lowest BCUT2D eigenvalue weighted by Crippen LogP contribution is -2.66. The monoisotopic (exact) mass is 422 g/mol. The molecule has 3 atom stereocenters. The second-order valence-electron chi connectivity index (χ2n) is 9.21. The zero-order valence-corrected chi connectivity index (χ0v) is 19.8. The maximum Gasteiger partial charge on any atom is 0.302 e. The van der Waals surface area contributed by atoms with Crippen molar-refractivity contribution < 1.29 is 14.0 Å². The van der Waals surface area contributed by atoms with Crippen LogP contribution in [0.15, 0.2) is 72.8 Å². The SMILES string of the molecule is C/C=C/[C@@H]1[C@@H](CO[Si](c2ccccc2)(c2ccccc2)C(C)(C)C)[C@H]1COC(C)=O. The molecule has 1 aliphatic rings. The van der Waals surface area contributed by atoms with Crippen molar-refractivity contribution in [2.24, 2.45) is 17.8 Å². The summed E-state index contributed by atoms with van der Waals surface area (Å²) in [5.41, 5.74) is 0. The van der Waals surface area contributed by atoms with Crippen LogP contribution >= 0.6 is 0 Å². The third kappa shape index (κ3) is 4.60. The first-order valence-corrected chi connectivity index (χ1v) is 12.7. The standard InChI is InChI=1S/C26H34O3Si/c1-6-13-23-24(18-28-20(2)27)25(23)19-29-30(26(3,4)5,21-14-9-7-10-15-21)22-16-11-8-12-17-22/h6-17,23-25H,18-19H2,1-5H3/b13-6+/t23-,24-,25+/m0/s1. The van der Waals surface area contributed by atoms with E-state index in [1.54, 1.807) is 0 Å². The van der Waals surface area contributed by atoms with Gasteiger partial charge in [-0.1, -0.05) is 93.6 Å². The minimum Gasteiger partial charge on any atom is -0.466 e. The molecule has 0 N–H and O–H groups in total. The Bertz CT molecular complexity index is 815. The van der Waals surface area contributed by atoms with Crippen molar-refractivity contribution >= 4 is 24.7 Å². The summed E-state index contributed by atoms with van der Waals surface area (Å²) in [5, 5.41) is 2.55. The molecule has 160 valence electrons. The molecule has 0 radical (unpaired) electrons. The highest BCUT2D eigenvalue weighted by Crippen LogP contribution is 2.49. The molecule has 2 aromatic carbocycles. The van der Waals surface area contributed by atoms with E-state index in [0.717, 1.165) is 0 Å². The zero-order chi connectivity index (χ0) is 21.8. The van der Waals surface area contributed by atoms with Crippen LogP contribution in [-0.4, -0.2) is 27.5 Å². The number of carbonyl (C=O) groups is 1. The van der Waals surface area contributed by atoms with E-state index in [4.69, 9.17) is 9.16 Å². The normalized spacial score (nSPS) is 21.6. The van der Waals surface area contributed by atoms with Crippen LogP contribution in [0.1, 0.15) is 34.6 Å². The van der Waals surface area contributed by atoms with Gasteiger partial charge >= 0.3 is 5.97 Å². The summed E-state index contributed by atoms with van der Waals surface area (Å²) >= 11 is 0. The van der Waals surface area contributed by atoms with Crippen molar-refractivity contribution in [3.63, 3.8) is 0 Å². The molecule has 0 saturated heterocycles. The Morgan fingerprint density at radius 3 is 1.87 bits per heavy atom. The summed E-state index contributed by atoms with van der Waals surface area (Å²) < 4.78 is 12.4. The zero-order valence-electron chi connectivity index (χ0n) is 18.8. The fraction of sp³-hybridized carbons (Fsp3) is 0.423. The van der Waals surface area contributed by atoms with Gasteiger partial charge in [0.1, 0.15) is 0 Å². The summed E-state index contributed by atoms with van der Waals surface area (Å²) in [7, 11) is -2.53. The Balaban J connectivity index is 1.93. The van der Waals surface area contributed by atoms with Crippen LogP contribution in [0.3, 0.4) is 0 Å². The van der Waals surface area contributed by atoms with Gasteiger partial charge in [0.25, 0.3) is 8.32 Å². The van der Waals surface area contributed by atoms with Gasteiger partial charge in [-0.2, -0.15) is 0 Å². The molecule has 0 bridgehead atoms. The number of hydrogen-bond donors (Lipinski definition) is 0. The molecule has 0 aliphatic heterocycles. The summed E-state index contributed by atoms with van der Waals surface area (Å²) in [6, 6.07) is 21.4. The first-order valence-electron chi connectivity index (χ1n) is 10.8. The van der Waals surface area contributed by atoms with E-state index in [0.29, 0.717) is 31.0 Å². The summed E-state index contributed by atoms with van der Waals surface area (Å²) in [6.07, 6.45) is 4.32. The van der Waals surface area contributed by atoms with Gasteiger partial charge in [-0.25, -0.2) is 0 Å². The van der Waals surface area contributed by atoms with Crippen LogP contribution in [0.25, 0.3) is 0 Å². The van der Waals surface area contributed by atoms with Crippen LogP contribution in [0, 0.1) is 17.8 Å². The van der Waals surface area contributed by atoms with Gasteiger partial charge in [0, 0.05) is 19.4 Å². The number of benzene rings is 2. The second kappa shape index (κ2) is 9.32. The van der Waals surface area contributed by atoms with Gasteiger partial charge in [-0.05, 0) is 34.2 Å². The van der Waals surface area contributed by atoms with Gasteiger partial charge in [-0.3, -0.25) is 4.79 Å². The maximum atomic E-state index is 11.3. The number of esters is 1. The highest BCUT2D eigenvalue weighted by molar-refractivity contribution is 6.99. The maximum absolute atomic E-state index is 11.3. The number of carbonyl (C=O) groups excluding carboxylic acids is 1. The Hall–Kier alpha value is -2.17. The number of ether oxygens (including phenoxy) is 1. The van der Waals surface area contributed by atoms with E-state index in [2.05, 4.69) is 93.6 Å². The number of rotatable bonds is 8. The molecule has 1 fully saturated rings.